The molecule has 0 saturated heterocycles. The predicted octanol–water partition coefficient (Wildman–Crippen LogP) is 2.90. The van der Waals surface area contributed by atoms with Gasteiger partial charge in [-0.3, -0.25) is 14.1 Å². The molecule has 6 nitrogen and oxygen atoms in total. The van der Waals surface area contributed by atoms with Crippen molar-refractivity contribution in [2.75, 3.05) is 5.32 Å². The molecular formula is C16H18N4O2S. The van der Waals surface area contributed by atoms with Gasteiger partial charge in [0.15, 0.2) is 5.82 Å². The maximum Gasteiger partial charge on any atom is 0.261 e. The molecule has 0 bridgehead atoms. The fourth-order valence-corrected chi connectivity index (χ4v) is 3.31. The van der Waals surface area contributed by atoms with Crippen LogP contribution in [0.5, 0.6) is 0 Å². The number of hydrogen-bond donors (Lipinski definition) is 3. The molecule has 1 unspecified atom stereocenters. The van der Waals surface area contributed by atoms with Crippen LogP contribution in [0.4, 0.5) is 11.5 Å². The van der Waals surface area contributed by atoms with Crippen molar-refractivity contribution in [3.8, 4) is 0 Å². The highest BCUT2D eigenvalue weighted by Crippen LogP contribution is 2.24. The van der Waals surface area contributed by atoms with E-state index in [2.05, 4.69) is 20.5 Å². The summed E-state index contributed by atoms with van der Waals surface area (Å²) in [5.41, 5.74) is 1.24. The molecule has 7 heteroatoms. The van der Waals surface area contributed by atoms with Crippen molar-refractivity contribution in [3.05, 3.63) is 46.9 Å². The zero-order chi connectivity index (χ0) is 16.6. The molecule has 3 aromatic rings. The van der Waals surface area contributed by atoms with Crippen LogP contribution < -0.4 is 10.9 Å². The minimum absolute atomic E-state index is 0.204. The van der Waals surface area contributed by atoms with Crippen LogP contribution in [0.15, 0.2) is 46.2 Å². The number of fused-ring (bicyclic) bond motifs is 1. The molecule has 0 saturated carbocycles. The molecule has 23 heavy (non-hydrogen) atoms. The van der Waals surface area contributed by atoms with E-state index in [1.165, 1.54) is 0 Å². The summed E-state index contributed by atoms with van der Waals surface area (Å²) < 4.78 is 12.0. The van der Waals surface area contributed by atoms with Crippen molar-refractivity contribution >= 4 is 33.2 Å². The van der Waals surface area contributed by atoms with Crippen LogP contribution in [-0.4, -0.2) is 24.1 Å². The topological polar surface area (TPSA) is 90.6 Å². The average Bonchev–Trinajstić information content (AvgIpc) is 2.91. The summed E-state index contributed by atoms with van der Waals surface area (Å²) in [6, 6.07) is 9.06. The molecule has 1 atom stereocenters. The van der Waals surface area contributed by atoms with E-state index in [1.807, 2.05) is 45.0 Å². The molecule has 2 heterocycles. The van der Waals surface area contributed by atoms with Gasteiger partial charge in [-0.2, -0.15) is 5.10 Å². The van der Waals surface area contributed by atoms with Gasteiger partial charge in [0, 0.05) is 21.5 Å². The number of nitrogens with zero attached hydrogens (tertiary/aromatic N) is 1. The number of rotatable bonds is 3. The van der Waals surface area contributed by atoms with Crippen LogP contribution in [-0.2, 0) is 10.8 Å². The minimum atomic E-state index is -1.08. The van der Waals surface area contributed by atoms with Crippen molar-refractivity contribution in [3.63, 3.8) is 0 Å². The van der Waals surface area contributed by atoms with Crippen molar-refractivity contribution < 1.29 is 4.21 Å². The second-order valence-electron chi connectivity index (χ2n) is 6.20. The van der Waals surface area contributed by atoms with E-state index in [1.54, 1.807) is 12.3 Å². The van der Waals surface area contributed by atoms with Gasteiger partial charge in [-0.25, -0.2) is 0 Å². The van der Waals surface area contributed by atoms with Crippen LogP contribution in [0.1, 0.15) is 20.8 Å². The zero-order valence-electron chi connectivity index (χ0n) is 13.1. The number of H-pyrrole nitrogens is 2. The number of aromatic nitrogens is 3. The highest BCUT2D eigenvalue weighted by Gasteiger charge is 2.21. The van der Waals surface area contributed by atoms with Crippen LogP contribution in [0.25, 0.3) is 10.9 Å². The lowest BCUT2D eigenvalue weighted by Crippen LogP contribution is -2.21. The Hall–Kier alpha value is -2.41. The number of aromatic amines is 2. The molecule has 1 aromatic carbocycles. The number of anilines is 2. The Morgan fingerprint density at radius 2 is 1.83 bits per heavy atom. The van der Waals surface area contributed by atoms with E-state index in [0.29, 0.717) is 16.7 Å². The normalized spacial score (nSPS) is 13.2. The van der Waals surface area contributed by atoms with Crippen molar-refractivity contribution in [1.82, 2.24) is 15.2 Å². The first-order valence-corrected chi connectivity index (χ1v) is 8.36. The number of nitrogens with one attached hydrogen (secondary N) is 3. The smallest absolute Gasteiger partial charge is 0.261 e. The summed E-state index contributed by atoms with van der Waals surface area (Å²) in [4.78, 5) is 15.3. The average molecular weight is 330 g/mol. The third-order valence-electron chi connectivity index (χ3n) is 3.37. The summed E-state index contributed by atoms with van der Waals surface area (Å²) in [5.74, 6) is 0.464. The Bertz CT molecular complexity index is 920. The number of pyridine rings is 1. The summed E-state index contributed by atoms with van der Waals surface area (Å²) in [5, 5.41) is 10.5. The Labute approximate surface area is 135 Å². The Morgan fingerprint density at radius 3 is 2.48 bits per heavy atom. The van der Waals surface area contributed by atoms with E-state index in [9.17, 15) is 9.00 Å². The summed E-state index contributed by atoms with van der Waals surface area (Å²) >= 11 is 0. The van der Waals surface area contributed by atoms with E-state index in [-0.39, 0.29) is 10.3 Å². The highest BCUT2D eigenvalue weighted by molar-refractivity contribution is 7.86. The SMILES string of the molecule is CC(C)(C)S(=O)c1ccc(Nc2n[nH]c3cc[nH]c(=O)c23)cc1. The molecule has 3 N–H and O–H groups in total. The highest BCUT2D eigenvalue weighted by atomic mass is 32.2. The number of hydrogen-bond acceptors (Lipinski definition) is 4. The molecule has 120 valence electrons. The van der Waals surface area contributed by atoms with Crippen LogP contribution in [0, 0.1) is 0 Å². The fourth-order valence-electron chi connectivity index (χ4n) is 2.22. The lowest BCUT2D eigenvalue weighted by atomic mass is 10.2. The molecule has 0 aliphatic carbocycles. The van der Waals surface area contributed by atoms with Gasteiger partial charge in [-0.05, 0) is 51.1 Å². The lowest BCUT2D eigenvalue weighted by Gasteiger charge is -2.17. The van der Waals surface area contributed by atoms with Gasteiger partial charge in [0.05, 0.1) is 16.3 Å². The first-order valence-electron chi connectivity index (χ1n) is 7.21. The molecule has 0 amide bonds. The van der Waals surface area contributed by atoms with Crippen LogP contribution in [0.2, 0.25) is 0 Å². The number of benzene rings is 1. The molecule has 0 fully saturated rings. The second-order valence-corrected chi connectivity index (χ2v) is 8.43. The molecule has 2 aromatic heterocycles. The fraction of sp³-hybridized carbons (Fsp3) is 0.250. The van der Waals surface area contributed by atoms with E-state index in [0.717, 1.165) is 10.6 Å². The second kappa shape index (κ2) is 5.66. The quantitative estimate of drug-likeness (QED) is 0.689. The predicted molar refractivity (Wildman–Crippen MR) is 92.6 cm³/mol. The Kier molecular flexibility index (Phi) is 3.81. The Balaban J connectivity index is 1.89. The largest absolute Gasteiger partial charge is 0.338 e. The summed E-state index contributed by atoms with van der Waals surface area (Å²) in [6.45, 7) is 5.83. The molecule has 0 aliphatic heterocycles. The maximum atomic E-state index is 12.3. The minimum Gasteiger partial charge on any atom is -0.338 e. The molecule has 0 spiro atoms. The zero-order valence-corrected chi connectivity index (χ0v) is 14.0. The Morgan fingerprint density at radius 1 is 1.13 bits per heavy atom. The van der Waals surface area contributed by atoms with Crippen LogP contribution >= 0.6 is 0 Å². The third-order valence-corrected chi connectivity index (χ3v) is 5.19. The van der Waals surface area contributed by atoms with Gasteiger partial charge < -0.3 is 10.3 Å². The lowest BCUT2D eigenvalue weighted by molar-refractivity contribution is 0.649. The molecule has 0 radical (unpaired) electrons. The first kappa shape index (κ1) is 15.5. The monoisotopic (exact) mass is 330 g/mol. The maximum absolute atomic E-state index is 12.3. The van der Waals surface area contributed by atoms with Gasteiger partial charge in [-0.1, -0.05) is 0 Å². The molecular weight excluding hydrogens is 312 g/mol. The van der Waals surface area contributed by atoms with Gasteiger partial charge >= 0.3 is 0 Å². The van der Waals surface area contributed by atoms with Crippen molar-refractivity contribution in [1.29, 1.82) is 0 Å². The van der Waals surface area contributed by atoms with Gasteiger partial charge in [0.2, 0.25) is 0 Å². The van der Waals surface area contributed by atoms with Gasteiger partial charge in [0.1, 0.15) is 5.39 Å². The first-order chi connectivity index (χ1) is 10.9. The van der Waals surface area contributed by atoms with Crippen molar-refractivity contribution in [2.24, 2.45) is 0 Å². The van der Waals surface area contributed by atoms with Crippen molar-refractivity contribution in [2.45, 2.75) is 30.4 Å². The molecule has 3 rings (SSSR count). The van der Waals surface area contributed by atoms with E-state index < -0.39 is 10.8 Å². The van der Waals surface area contributed by atoms with Gasteiger partial charge in [-0.15, -0.1) is 0 Å². The van der Waals surface area contributed by atoms with E-state index in [4.69, 9.17) is 0 Å². The standard InChI is InChI=1S/C16H18N4O2S/c1-16(2,3)23(22)11-6-4-10(5-7-11)18-14-13-12(19-20-14)8-9-17-15(13)21/h4-9H,1-3H3,(H,17,21)(H2,18,19,20). The summed E-state index contributed by atoms with van der Waals surface area (Å²) in [6.07, 6.45) is 1.57. The summed E-state index contributed by atoms with van der Waals surface area (Å²) in [7, 11) is -1.08. The van der Waals surface area contributed by atoms with Crippen LogP contribution in [0.3, 0.4) is 0 Å². The molecule has 0 aliphatic rings. The van der Waals surface area contributed by atoms with E-state index >= 15 is 0 Å². The third kappa shape index (κ3) is 3.05. The van der Waals surface area contributed by atoms with Gasteiger partial charge in [0.25, 0.3) is 5.56 Å².